The summed E-state index contributed by atoms with van der Waals surface area (Å²) in [5.74, 6) is 0.760. The molecule has 0 aliphatic rings. The largest absolute Gasteiger partial charge is 0.392 e. The molecule has 0 saturated carbocycles. The van der Waals surface area contributed by atoms with Crippen molar-refractivity contribution in [2.45, 2.75) is 53.1 Å². The summed E-state index contributed by atoms with van der Waals surface area (Å²) in [5, 5.41) is 9.75. The maximum atomic E-state index is 9.75. The number of aliphatic hydroxyl groups excluding tert-OH is 1. The van der Waals surface area contributed by atoms with Gasteiger partial charge in [-0.3, -0.25) is 0 Å². The third kappa shape index (κ3) is 7.34. The fourth-order valence-electron chi connectivity index (χ4n) is 1.63. The zero-order chi connectivity index (χ0) is 11.0. The van der Waals surface area contributed by atoms with Gasteiger partial charge >= 0.3 is 0 Å². The Balaban J connectivity index is 3.48. The number of aliphatic hydroxyl groups is 1. The van der Waals surface area contributed by atoms with E-state index in [1.54, 1.807) is 0 Å². The van der Waals surface area contributed by atoms with Crippen LogP contribution in [0, 0.1) is 5.92 Å². The van der Waals surface area contributed by atoms with Gasteiger partial charge in [-0.15, -0.1) is 0 Å². The standard InChI is InChI=1S/C12H27NO/c1-5-13(6-2)10-12(14)9-7-8-11(3)4/h11-12,14H,5-10H2,1-4H3. The second-order valence-corrected chi connectivity index (χ2v) is 4.46. The average molecular weight is 201 g/mol. The molecule has 0 radical (unpaired) electrons. The summed E-state index contributed by atoms with van der Waals surface area (Å²) in [6, 6.07) is 0. The normalized spacial score (nSPS) is 13.9. The Bertz CT molecular complexity index is 121. The van der Waals surface area contributed by atoms with E-state index in [0.717, 1.165) is 38.4 Å². The monoisotopic (exact) mass is 201 g/mol. The van der Waals surface area contributed by atoms with Crippen LogP contribution < -0.4 is 0 Å². The van der Waals surface area contributed by atoms with Crippen molar-refractivity contribution in [2.24, 2.45) is 5.92 Å². The molecule has 2 heteroatoms. The Hall–Kier alpha value is -0.0800. The number of rotatable bonds is 8. The molecule has 14 heavy (non-hydrogen) atoms. The van der Waals surface area contributed by atoms with Crippen LogP contribution in [0.2, 0.25) is 0 Å². The molecule has 0 spiro atoms. The Morgan fingerprint density at radius 3 is 2.07 bits per heavy atom. The van der Waals surface area contributed by atoms with Gasteiger partial charge in [-0.1, -0.05) is 40.5 Å². The van der Waals surface area contributed by atoms with Crippen molar-refractivity contribution in [2.75, 3.05) is 19.6 Å². The Labute approximate surface area is 89.3 Å². The van der Waals surface area contributed by atoms with Gasteiger partial charge in [0.1, 0.15) is 0 Å². The van der Waals surface area contributed by atoms with Gasteiger partial charge in [0, 0.05) is 6.54 Å². The molecular formula is C12H27NO. The molecule has 0 aromatic rings. The zero-order valence-corrected chi connectivity index (χ0v) is 10.3. The number of likely N-dealkylation sites (N-methyl/N-ethyl adjacent to an activating group) is 1. The van der Waals surface area contributed by atoms with E-state index >= 15 is 0 Å². The van der Waals surface area contributed by atoms with Crippen LogP contribution in [0.1, 0.15) is 47.0 Å². The van der Waals surface area contributed by atoms with Gasteiger partial charge in [-0.2, -0.15) is 0 Å². The van der Waals surface area contributed by atoms with Crippen LogP contribution in [0.25, 0.3) is 0 Å². The van der Waals surface area contributed by atoms with Crippen molar-refractivity contribution in [1.82, 2.24) is 4.90 Å². The first-order valence-corrected chi connectivity index (χ1v) is 6.00. The highest BCUT2D eigenvalue weighted by atomic mass is 16.3. The maximum Gasteiger partial charge on any atom is 0.0667 e. The number of hydrogen-bond donors (Lipinski definition) is 1. The molecule has 0 rings (SSSR count). The first-order chi connectivity index (χ1) is 6.60. The predicted octanol–water partition coefficient (Wildman–Crippen LogP) is 2.52. The molecule has 0 bridgehead atoms. The van der Waals surface area contributed by atoms with E-state index in [1.165, 1.54) is 6.42 Å². The van der Waals surface area contributed by atoms with Gasteiger partial charge in [0.05, 0.1) is 6.10 Å². The molecule has 0 aliphatic carbocycles. The highest BCUT2D eigenvalue weighted by Crippen LogP contribution is 2.09. The van der Waals surface area contributed by atoms with Crippen LogP contribution in [-0.4, -0.2) is 35.7 Å². The Morgan fingerprint density at radius 1 is 1.07 bits per heavy atom. The van der Waals surface area contributed by atoms with E-state index in [2.05, 4.69) is 32.6 Å². The molecule has 0 aromatic heterocycles. The van der Waals surface area contributed by atoms with E-state index in [1.807, 2.05) is 0 Å². The lowest BCUT2D eigenvalue weighted by molar-refractivity contribution is 0.107. The molecule has 0 saturated heterocycles. The molecule has 0 aromatic carbocycles. The van der Waals surface area contributed by atoms with Crippen molar-refractivity contribution < 1.29 is 5.11 Å². The summed E-state index contributed by atoms with van der Waals surface area (Å²) in [4.78, 5) is 2.28. The average Bonchev–Trinajstić information content (AvgIpc) is 2.13. The quantitative estimate of drug-likeness (QED) is 0.652. The van der Waals surface area contributed by atoms with Crippen molar-refractivity contribution >= 4 is 0 Å². The van der Waals surface area contributed by atoms with Gasteiger partial charge in [0.15, 0.2) is 0 Å². The van der Waals surface area contributed by atoms with Crippen LogP contribution >= 0.6 is 0 Å². The third-order valence-corrected chi connectivity index (χ3v) is 2.68. The molecule has 0 heterocycles. The second-order valence-electron chi connectivity index (χ2n) is 4.46. The minimum atomic E-state index is -0.131. The van der Waals surface area contributed by atoms with E-state index in [4.69, 9.17) is 0 Å². The van der Waals surface area contributed by atoms with Crippen molar-refractivity contribution in [3.63, 3.8) is 0 Å². The van der Waals surface area contributed by atoms with Crippen LogP contribution in [0.15, 0.2) is 0 Å². The first-order valence-electron chi connectivity index (χ1n) is 6.00. The lowest BCUT2D eigenvalue weighted by Gasteiger charge is -2.21. The predicted molar refractivity (Wildman–Crippen MR) is 62.5 cm³/mol. The summed E-state index contributed by atoms with van der Waals surface area (Å²) in [5.41, 5.74) is 0. The molecule has 1 atom stereocenters. The molecule has 0 amide bonds. The lowest BCUT2D eigenvalue weighted by atomic mass is 10.0. The lowest BCUT2D eigenvalue weighted by Crippen LogP contribution is -2.32. The van der Waals surface area contributed by atoms with Gasteiger partial charge in [0.25, 0.3) is 0 Å². The highest BCUT2D eigenvalue weighted by Gasteiger charge is 2.08. The van der Waals surface area contributed by atoms with Crippen molar-refractivity contribution in [3.05, 3.63) is 0 Å². The first kappa shape index (κ1) is 13.9. The minimum Gasteiger partial charge on any atom is -0.392 e. The van der Waals surface area contributed by atoms with Crippen LogP contribution in [0.3, 0.4) is 0 Å². The number of nitrogens with zero attached hydrogens (tertiary/aromatic N) is 1. The molecule has 86 valence electrons. The van der Waals surface area contributed by atoms with Crippen LogP contribution in [-0.2, 0) is 0 Å². The fourth-order valence-corrected chi connectivity index (χ4v) is 1.63. The van der Waals surface area contributed by atoms with Crippen LogP contribution in [0.5, 0.6) is 0 Å². The molecular weight excluding hydrogens is 174 g/mol. The van der Waals surface area contributed by atoms with E-state index in [0.29, 0.717) is 0 Å². The molecule has 1 N–H and O–H groups in total. The minimum absolute atomic E-state index is 0.131. The second kappa shape index (κ2) is 8.25. The van der Waals surface area contributed by atoms with Gasteiger partial charge < -0.3 is 10.0 Å². The number of hydrogen-bond acceptors (Lipinski definition) is 2. The summed E-state index contributed by atoms with van der Waals surface area (Å²) in [6.07, 6.45) is 3.21. The smallest absolute Gasteiger partial charge is 0.0667 e. The topological polar surface area (TPSA) is 23.5 Å². The van der Waals surface area contributed by atoms with E-state index in [-0.39, 0.29) is 6.10 Å². The van der Waals surface area contributed by atoms with E-state index < -0.39 is 0 Å². The Kier molecular flexibility index (Phi) is 8.20. The third-order valence-electron chi connectivity index (χ3n) is 2.68. The zero-order valence-electron chi connectivity index (χ0n) is 10.3. The summed E-state index contributed by atoms with van der Waals surface area (Å²) in [6.45, 7) is 11.7. The Morgan fingerprint density at radius 2 is 1.64 bits per heavy atom. The maximum absolute atomic E-state index is 9.75. The van der Waals surface area contributed by atoms with Gasteiger partial charge in [0.2, 0.25) is 0 Å². The van der Waals surface area contributed by atoms with Gasteiger partial charge in [-0.25, -0.2) is 0 Å². The fraction of sp³-hybridized carbons (Fsp3) is 1.00. The van der Waals surface area contributed by atoms with Crippen molar-refractivity contribution in [3.8, 4) is 0 Å². The summed E-state index contributed by atoms with van der Waals surface area (Å²) >= 11 is 0. The van der Waals surface area contributed by atoms with Crippen molar-refractivity contribution in [1.29, 1.82) is 0 Å². The van der Waals surface area contributed by atoms with Crippen LogP contribution in [0.4, 0.5) is 0 Å². The SMILES string of the molecule is CCN(CC)CC(O)CCCC(C)C. The molecule has 1 unspecified atom stereocenters. The highest BCUT2D eigenvalue weighted by molar-refractivity contribution is 4.62. The molecule has 2 nitrogen and oxygen atoms in total. The summed E-state index contributed by atoms with van der Waals surface area (Å²) < 4.78 is 0. The summed E-state index contributed by atoms with van der Waals surface area (Å²) in [7, 11) is 0. The van der Waals surface area contributed by atoms with Gasteiger partial charge in [-0.05, 0) is 25.4 Å². The van der Waals surface area contributed by atoms with E-state index in [9.17, 15) is 5.11 Å². The molecule has 0 fully saturated rings. The molecule has 0 aliphatic heterocycles.